The van der Waals surface area contributed by atoms with Crippen LogP contribution in [0.2, 0.25) is 0 Å². The van der Waals surface area contributed by atoms with E-state index >= 15 is 0 Å². The molecule has 0 spiro atoms. The van der Waals surface area contributed by atoms with Crippen LogP contribution in [0.3, 0.4) is 0 Å². The molecule has 14 heavy (non-hydrogen) atoms. The van der Waals surface area contributed by atoms with Gasteiger partial charge in [-0.1, -0.05) is 37.6 Å². The van der Waals surface area contributed by atoms with E-state index in [1.807, 2.05) is 18.2 Å². The first-order valence-corrected chi connectivity index (χ1v) is 5.09. The second-order valence-corrected chi connectivity index (χ2v) is 3.52. The van der Waals surface area contributed by atoms with Gasteiger partial charge in [-0.2, -0.15) is 0 Å². The van der Waals surface area contributed by atoms with Gasteiger partial charge in [-0.05, 0) is 24.0 Å². The van der Waals surface area contributed by atoms with E-state index in [2.05, 4.69) is 13.0 Å². The molecule has 0 aromatic heterocycles. The topological polar surface area (TPSA) is 43.1 Å². The second kappa shape index (κ2) is 5.43. The SMILES string of the molecule is CCCCc1ccccc1CC(N)=O. The number of nitrogens with two attached hydrogens (primary N) is 1. The molecule has 0 unspecified atom stereocenters. The maximum absolute atomic E-state index is 10.8. The van der Waals surface area contributed by atoms with Gasteiger partial charge in [0.05, 0.1) is 6.42 Å². The highest BCUT2D eigenvalue weighted by Crippen LogP contribution is 2.12. The second-order valence-electron chi connectivity index (χ2n) is 3.52. The van der Waals surface area contributed by atoms with Crippen LogP contribution in [0.5, 0.6) is 0 Å². The van der Waals surface area contributed by atoms with Crippen LogP contribution < -0.4 is 5.73 Å². The molecule has 2 N–H and O–H groups in total. The Labute approximate surface area is 85.1 Å². The molecular formula is C12H17NO. The first-order chi connectivity index (χ1) is 6.74. The van der Waals surface area contributed by atoms with Gasteiger partial charge in [-0.25, -0.2) is 0 Å². The van der Waals surface area contributed by atoms with Gasteiger partial charge in [0.2, 0.25) is 5.91 Å². The van der Waals surface area contributed by atoms with E-state index in [-0.39, 0.29) is 5.91 Å². The van der Waals surface area contributed by atoms with Crippen molar-refractivity contribution >= 4 is 5.91 Å². The zero-order valence-corrected chi connectivity index (χ0v) is 8.62. The number of hydrogen-bond acceptors (Lipinski definition) is 1. The number of amides is 1. The number of primary amides is 1. The first-order valence-electron chi connectivity index (χ1n) is 5.09. The fourth-order valence-electron chi connectivity index (χ4n) is 1.53. The number of hydrogen-bond donors (Lipinski definition) is 1. The summed E-state index contributed by atoms with van der Waals surface area (Å²) in [6, 6.07) is 8.02. The summed E-state index contributed by atoms with van der Waals surface area (Å²) in [6.45, 7) is 2.16. The summed E-state index contributed by atoms with van der Waals surface area (Å²) in [6.07, 6.45) is 3.74. The highest BCUT2D eigenvalue weighted by Gasteiger charge is 2.03. The Morgan fingerprint density at radius 3 is 2.50 bits per heavy atom. The third kappa shape index (κ3) is 3.21. The third-order valence-corrected chi connectivity index (χ3v) is 2.28. The summed E-state index contributed by atoms with van der Waals surface area (Å²) in [4.78, 5) is 10.8. The summed E-state index contributed by atoms with van der Waals surface area (Å²) < 4.78 is 0. The average Bonchev–Trinajstić information content (AvgIpc) is 2.16. The van der Waals surface area contributed by atoms with Crippen molar-refractivity contribution in [2.45, 2.75) is 32.6 Å². The maximum atomic E-state index is 10.8. The van der Waals surface area contributed by atoms with Crippen LogP contribution in [0.4, 0.5) is 0 Å². The minimum Gasteiger partial charge on any atom is -0.369 e. The number of carbonyl (C=O) groups is 1. The minimum absolute atomic E-state index is 0.256. The van der Waals surface area contributed by atoms with Crippen molar-refractivity contribution in [3.05, 3.63) is 35.4 Å². The fourth-order valence-corrected chi connectivity index (χ4v) is 1.53. The number of aryl methyl sites for hydroxylation is 1. The van der Waals surface area contributed by atoms with Crippen molar-refractivity contribution in [3.63, 3.8) is 0 Å². The predicted molar refractivity (Wildman–Crippen MR) is 58.0 cm³/mol. The Balaban J connectivity index is 2.74. The molecule has 0 heterocycles. The molecule has 1 aromatic carbocycles. The van der Waals surface area contributed by atoms with E-state index < -0.39 is 0 Å². The van der Waals surface area contributed by atoms with Gasteiger partial charge in [0.25, 0.3) is 0 Å². The lowest BCUT2D eigenvalue weighted by Crippen LogP contribution is -2.14. The number of unbranched alkanes of at least 4 members (excludes halogenated alkanes) is 1. The molecule has 0 saturated carbocycles. The van der Waals surface area contributed by atoms with Gasteiger partial charge in [-0.15, -0.1) is 0 Å². The van der Waals surface area contributed by atoms with Crippen LogP contribution in [0.15, 0.2) is 24.3 Å². The maximum Gasteiger partial charge on any atom is 0.221 e. The van der Waals surface area contributed by atoms with E-state index in [0.29, 0.717) is 6.42 Å². The van der Waals surface area contributed by atoms with Crippen LogP contribution in [0, 0.1) is 0 Å². The molecule has 1 aromatic rings. The lowest BCUT2D eigenvalue weighted by Gasteiger charge is -2.06. The molecule has 0 radical (unpaired) electrons. The Kier molecular flexibility index (Phi) is 4.17. The van der Waals surface area contributed by atoms with Crippen molar-refractivity contribution in [2.75, 3.05) is 0 Å². The lowest BCUT2D eigenvalue weighted by atomic mass is 10.00. The Hall–Kier alpha value is -1.31. The van der Waals surface area contributed by atoms with Crippen LogP contribution in [-0.2, 0) is 17.6 Å². The van der Waals surface area contributed by atoms with Crippen molar-refractivity contribution < 1.29 is 4.79 Å². The van der Waals surface area contributed by atoms with E-state index in [9.17, 15) is 4.79 Å². The Bertz CT molecular complexity index is 307. The average molecular weight is 191 g/mol. The number of benzene rings is 1. The zero-order chi connectivity index (χ0) is 10.4. The van der Waals surface area contributed by atoms with Crippen LogP contribution >= 0.6 is 0 Å². The van der Waals surface area contributed by atoms with Gasteiger partial charge < -0.3 is 5.73 Å². The molecule has 0 bridgehead atoms. The summed E-state index contributed by atoms with van der Waals surface area (Å²) in [5.41, 5.74) is 7.52. The van der Waals surface area contributed by atoms with Gasteiger partial charge >= 0.3 is 0 Å². The van der Waals surface area contributed by atoms with Crippen molar-refractivity contribution in [1.29, 1.82) is 0 Å². The van der Waals surface area contributed by atoms with Gasteiger partial charge in [-0.3, -0.25) is 4.79 Å². The Morgan fingerprint density at radius 1 is 1.29 bits per heavy atom. The molecule has 0 aliphatic heterocycles. The van der Waals surface area contributed by atoms with Gasteiger partial charge in [0, 0.05) is 0 Å². The van der Waals surface area contributed by atoms with Crippen molar-refractivity contribution in [2.24, 2.45) is 5.73 Å². The molecule has 1 rings (SSSR count). The molecule has 0 fully saturated rings. The third-order valence-electron chi connectivity index (χ3n) is 2.28. The smallest absolute Gasteiger partial charge is 0.221 e. The molecule has 2 heteroatoms. The van der Waals surface area contributed by atoms with Gasteiger partial charge in [0.1, 0.15) is 0 Å². The quantitative estimate of drug-likeness (QED) is 0.760. The zero-order valence-electron chi connectivity index (χ0n) is 8.62. The summed E-state index contributed by atoms with van der Waals surface area (Å²) in [5.74, 6) is -0.256. The van der Waals surface area contributed by atoms with E-state index in [1.54, 1.807) is 0 Å². The minimum atomic E-state index is -0.256. The summed E-state index contributed by atoms with van der Waals surface area (Å²) >= 11 is 0. The highest BCUT2D eigenvalue weighted by atomic mass is 16.1. The number of rotatable bonds is 5. The molecule has 2 nitrogen and oxygen atoms in total. The molecule has 76 valence electrons. The molecule has 0 aliphatic carbocycles. The van der Waals surface area contributed by atoms with E-state index in [4.69, 9.17) is 5.73 Å². The molecule has 0 atom stereocenters. The largest absolute Gasteiger partial charge is 0.369 e. The molecule has 0 saturated heterocycles. The van der Waals surface area contributed by atoms with Crippen molar-refractivity contribution in [1.82, 2.24) is 0 Å². The normalized spacial score (nSPS) is 10.1. The molecule has 0 aliphatic rings. The van der Waals surface area contributed by atoms with Gasteiger partial charge in [0.15, 0.2) is 0 Å². The standard InChI is InChI=1S/C12H17NO/c1-2-3-6-10-7-4-5-8-11(10)9-12(13)14/h4-5,7-8H,2-3,6,9H2,1H3,(H2,13,14). The van der Waals surface area contributed by atoms with E-state index in [0.717, 1.165) is 18.4 Å². The summed E-state index contributed by atoms with van der Waals surface area (Å²) in [7, 11) is 0. The Morgan fingerprint density at radius 2 is 1.93 bits per heavy atom. The highest BCUT2D eigenvalue weighted by molar-refractivity contribution is 5.76. The first kappa shape index (κ1) is 10.8. The lowest BCUT2D eigenvalue weighted by molar-refractivity contribution is -0.117. The van der Waals surface area contributed by atoms with Crippen LogP contribution in [-0.4, -0.2) is 5.91 Å². The molecular weight excluding hydrogens is 174 g/mol. The van der Waals surface area contributed by atoms with Crippen LogP contribution in [0.25, 0.3) is 0 Å². The molecule has 1 amide bonds. The fraction of sp³-hybridized carbons (Fsp3) is 0.417. The van der Waals surface area contributed by atoms with Crippen molar-refractivity contribution in [3.8, 4) is 0 Å². The number of carbonyl (C=O) groups excluding carboxylic acids is 1. The monoisotopic (exact) mass is 191 g/mol. The van der Waals surface area contributed by atoms with Crippen LogP contribution in [0.1, 0.15) is 30.9 Å². The summed E-state index contributed by atoms with van der Waals surface area (Å²) in [5, 5.41) is 0. The van der Waals surface area contributed by atoms with E-state index in [1.165, 1.54) is 12.0 Å². The predicted octanol–water partition coefficient (Wildman–Crippen LogP) is 2.06.